The third-order valence-corrected chi connectivity index (χ3v) is 7.09. The van der Waals surface area contributed by atoms with E-state index in [0.717, 1.165) is 12.8 Å². The fraction of sp³-hybridized carbons (Fsp3) is 0.381. The summed E-state index contributed by atoms with van der Waals surface area (Å²) in [4.78, 5) is 12.7. The van der Waals surface area contributed by atoms with Crippen LogP contribution in [0.25, 0.3) is 0 Å². The number of hydrogen-bond acceptors (Lipinski definition) is 4. The molecule has 2 aromatic carbocycles. The molecule has 158 valence electrons. The van der Waals surface area contributed by atoms with E-state index in [1.807, 2.05) is 0 Å². The molecule has 0 bridgehead atoms. The van der Waals surface area contributed by atoms with Crippen LogP contribution in [0.5, 0.6) is 5.75 Å². The van der Waals surface area contributed by atoms with Crippen LogP contribution in [0.3, 0.4) is 0 Å². The van der Waals surface area contributed by atoms with E-state index in [-0.39, 0.29) is 10.8 Å². The predicted molar refractivity (Wildman–Crippen MR) is 119 cm³/mol. The number of benzene rings is 2. The first-order chi connectivity index (χ1) is 13.8. The van der Waals surface area contributed by atoms with Crippen molar-refractivity contribution in [2.75, 3.05) is 25.0 Å². The normalized spacial score (nSPS) is 11.5. The standard InChI is InChI=1S/C21H27BrN2O4S/c1-4-7-14-28-20-13-8-16(15-19(20)22)21(25)23-17-9-11-18(12-10-17)29(26,27)24(5-2)6-3/h8-13,15H,4-7,14H2,1-3H3,(H,23,25). The highest BCUT2D eigenvalue weighted by Gasteiger charge is 2.21. The van der Waals surface area contributed by atoms with Gasteiger partial charge in [0.05, 0.1) is 16.0 Å². The molecule has 0 spiro atoms. The number of rotatable bonds is 10. The van der Waals surface area contributed by atoms with E-state index in [1.165, 1.54) is 16.4 Å². The molecule has 0 atom stereocenters. The highest BCUT2D eigenvalue weighted by atomic mass is 79.9. The first-order valence-corrected chi connectivity index (χ1v) is 11.9. The van der Waals surface area contributed by atoms with Crippen molar-refractivity contribution in [3.05, 3.63) is 52.5 Å². The smallest absolute Gasteiger partial charge is 0.255 e. The van der Waals surface area contributed by atoms with E-state index in [2.05, 4.69) is 28.2 Å². The van der Waals surface area contributed by atoms with Crippen molar-refractivity contribution in [3.8, 4) is 5.75 Å². The summed E-state index contributed by atoms with van der Waals surface area (Å²) >= 11 is 3.44. The van der Waals surface area contributed by atoms with Crippen LogP contribution >= 0.6 is 15.9 Å². The number of anilines is 1. The van der Waals surface area contributed by atoms with Crippen molar-refractivity contribution in [1.29, 1.82) is 0 Å². The number of hydrogen-bond donors (Lipinski definition) is 1. The Morgan fingerprint density at radius 2 is 1.72 bits per heavy atom. The van der Waals surface area contributed by atoms with E-state index in [9.17, 15) is 13.2 Å². The summed E-state index contributed by atoms with van der Waals surface area (Å²) in [6.07, 6.45) is 2.02. The monoisotopic (exact) mass is 482 g/mol. The first kappa shape index (κ1) is 23.4. The Labute approximate surface area is 181 Å². The Hall–Kier alpha value is -1.90. The molecule has 1 N–H and O–H groups in total. The number of nitrogens with one attached hydrogen (secondary N) is 1. The fourth-order valence-electron chi connectivity index (χ4n) is 2.71. The van der Waals surface area contributed by atoms with E-state index in [4.69, 9.17) is 4.74 Å². The summed E-state index contributed by atoms with van der Waals surface area (Å²) < 4.78 is 32.8. The minimum absolute atomic E-state index is 0.204. The van der Waals surface area contributed by atoms with E-state index in [0.29, 0.717) is 41.2 Å². The number of sulfonamides is 1. The molecule has 2 aromatic rings. The zero-order valence-electron chi connectivity index (χ0n) is 16.9. The van der Waals surface area contributed by atoms with Gasteiger partial charge < -0.3 is 10.1 Å². The lowest BCUT2D eigenvalue weighted by Crippen LogP contribution is -2.30. The molecule has 2 rings (SSSR count). The minimum atomic E-state index is -3.52. The topological polar surface area (TPSA) is 75.7 Å². The summed E-state index contributed by atoms with van der Waals surface area (Å²) in [5.41, 5.74) is 0.993. The maximum Gasteiger partial charge on any atom is 0.255 e. The molecule has 0 heterocycles. The molecule has 0 radical (unpaired) electrons. The zero-order chi connectivity index (χ0) is 21.4. The van der Waals surface area contributed by atoms with Crippen LogP contribution in [0, 0.1) is 0 Å². The molecule has 0 fully saturated rings. The summed E-state index contributed by atoms with van der Waals surface area (Å²) in [6.45, 7) is 7.14. The van der Waals surface area contributed by atoms with Gasteiger partial charge in [-0.1, -0.05) is 27.2 Å². The van der Waals surface area contributed by atoms with Gasteiger partial charge in [-0.2, -0.15) is 4.31 Å². The Morgan fingerprint density at radius 3 is 2.28 bits per heavy atom. The van der Waals surface area contributed by atoms with Gasteiger partial charge in [-0.3, -0.25) is 4.79 Å². The van der Waals surface area contributed by atoms with E-state index in [1.54, 1.807) is 44.2 Å². The highest BCUT2D eigenvalue weighted by Crippen LogP contribution is 2.27. The third-order valence-electron chi connectivity index (χ3n) is 4.40. The summed E-state index contributed by atoms with van der Waals surface area (Å²) in [6, 6.07) is 11.3. The second kappa shape index (κ2) is 10.8. The molecule has 6 nitrogen and oxygen atoms in total. The lowest BCUT2D eigenvalue weighted by Gasteiger charge is -2.18. The third kappa shape index (κ3) is 6.04. The largest absolute Gasteiger partial charge is 0.492 e. The van der Waals surface area contributed by atoms with Crippen LogP contribution in [0.15, 0.2) is 51.8 Å². The lowest BCUT2D eigenvalue weighted by atomic mass is 10.2. The second-order valence-electron chi connectivity index (χ2n) is 6.42. The number of halogens is 1. The van der Waals surface area contributed by atoms with Gasteiger partial charge in [0, 0.05) is 24.3 Å². The molecule has 0 aromatic heterocycles. The molecule has 29 heavy (non-hydrogen) atoms. The molecule has 0 unspecified atom stereocenters. The molecule has 1 amide bonds. The van der Waals surface area contributed by atoms with Gasteiger partial charge in [-0.05, 0) is 64.8 Å². The van der Waals surface area contributed by atoms with Gasteiger partial charge in [0.1, 0.15) is 5.75 Å². The Morgan fingerprint density at radius 1 is 1.07 bits per heavy atom. The molecular weight excluding hydrogens is 456 g/mol. The van der Waals surface area contributed by atoms with Crippen molar-refractivity contribution in [1.82, 2.24) is 4.31 Å². The van der Waals surface area contributed by atoms with Gasteiger partial charge in [0.2, 0.25) is 10.0 Å². The lowest BCUT2D eigenvalue weighted by molar-refractivity contribution is 0.102. The van der Waals surface area contributed by atoms with Crippen molar-refractivity contribution in [3.63, 3.8) is 0 Å². The van der Waals surface area contributed by atoms with Crippen LogP contribution in [-0.2, 0) is 10.0 Å². The van der Waals surface area contributed by atoms with Crippen LogP contribution < -0.4 is 10.1 Å². The van der Waals surface area contributed by atoms with Crippen LogP contribution in [0.1, 0.15) is 44.0 Å². The summed E-state index contributed by atoms with van der Waals surface area (Å²) in [5.74, 6) is 0.408. The minimum Gasteiger partial charge on any atom is -0.492 e. The average Bonchev–Trinajstić information content (AvgIpc) is 2.70. The molecule has 0 saturated heterocycles. The van der Waals surface area contributed by atoms with Gasteiger partial charge >= 0.3 is 0 Å². The molecule has 0 aliphatic rings. The number of carbonyl (C=O) groups excluding carboxylic acids is 1. The number of carbonyl (C=O) groups is 1. The molecule has 0 aliphatic heterocycles. The number of nitrogens with zero attached hydrogens (tertiary/aromatic N) is 1. The maximum atomic E-state index is 12.5. The zero-order valence-corrected chi connectivity index (χ0v) is 19.3. The number of amides is 1. The van der Waals surface area contributed by atoms with E-state index < -0.39 is 10.0 Å². The summed E-state index contributed by atoms with van der Waals surface area (Å²) in [5, 5.41) is 2.78. The Kier molecular flexibility index (Phi) is 8.67. The van der Waals surface area contributed by atoms with Gasteiger partial charge in [-0.25, -0.2) is 8.42 Å². The summed E-state index contributed by atoms with van der Waals surface area (Å²) in [7, 11) is -3.52. The van der Waals surface area contributed by atoms with E-state index >= 15 is 0 Å². The number of ether oxygens (including phenoxy) is 1. The molecule has 0 aliphatic carbocycles. The molecular formula is C21H27BrN2O4S. The van der Waals surface area contributed by atoms with Crippen LogP contribution in [-0.4, -0.2) is 38.3 Å². The number of unbranched alkanes of at least 4 members (excludes halogenated alkanes) is 1. The van der Waals surface area contributed by atoms with Crippen molar-refractivity contribution < 1.29 is 17.9 Å². The van der Waals surface area contributed by atoms with Crippen LogP contribution in [0.4, 0.5) is 5.69 Å². The fourth-order valence-corrected chi connectivity index (χ4v) is 4.66. The predicted octanol–water partition coefficient (Wildman–Crippen LogP) is 4.91. The SMILES string of the molecule is CCCCOc1ccc(C(=O)Nc2ccc(S(=O)(=O)N(CC)CC)cc2)cc1Br. The van der Waals surface area contributed by atoms with Gasteiger partial charge in [-0.15, -0.1) is 0 Å². The second-order valence-corrected chi connectivity index (χ2v) is 9.21. The molecule has 8 heteroatoms. The van der Waals surface area contributed by atoms with Gasteiger partial charge in [0.15, 0.2) is 0 Å². The van der Waals surface area contributed by atoms with Crippen LogP contribution in [0.2, 0.25) is 0 Å². The molecule has 0 saturated carbocycles. The highest BCUT2D eigenvalue weighted by molar-refractivity contribution is 9.10. The van der Waals surface area contributed by atoms with Crippen molar-refractivity contribution >= 4 is 37.5 Å². The van der Waals surface area contributed by atoms with Crippen molar-refractivity contribution in [2.24, 2.45) is 0 Å². The average molecular weight is 483 g/mol. The first-order valence-electron chi connectivity index (χ1n) is 9.67. The Balaban J connectivity index is 2.08. The Bertz CT molecular complexity index is 926. The maximum absolute atomic E-state index is 12.5. The quantitative estimate of drug-likeness (QED) is 0.488. The van der Waals surface area contributed by atoms with Gasteiger partial charge in [0.25, 0.3) is 5.91 Å². The van der Waals surface area contributed by atoms with Crippen molar-refractivity contribution in [2.45, 2.75) is 38.5 Å².